The van der Waals surface area contributed by atoms with Crippen LogP contribution >= 0.6 is 0 Å². The topological polar surface area (TPSA) is 77.0 Å². The number of nitrogens with zero attached hydrogens (tertiary/aromatic N) is 4. The number of halogens is 2. The van der Waals surface area contributed by atoms with Crippen LogP contribution in [0.25, 0.3) is 0 Å². The fourth-order valence-corrected chi connectivity index (χ4v) is 2.68. The number of rotatable bonds is 4. The minimum Gasteiger partial charge on any atom is -0.333 e. The molecule has 1 aromatic heterocycles. The lowest BCUT2D eigenvalue weighted by Gasteiger charge is -2.27. The summed E-state index contributed by atoms with van der Waals surface area (Å²) in [6, 6.07) is 2.66. The number of benzene rings is 1. The van der Waals surface area contributed by atoms with Crippen molar-refractivity contribution >= 4 is 5.91 Å². The van der Waals surface area contributed by atoms with Crippen LogP contribution in [-0.4, -0.2) is 38.2 Å². The average molecular weight is 321 g/mol. The van der Waals surface area contributed by atoms with Gasteiger partial charge in [0.15, 0.2) is 0 Å². The van der Waals surface area contributed by atoms with Gasteiger partial charge in [0.2, 0.25) is 5.91 Å². The molecule has 1 aliphatic heterocycles. The van der Waals surface area contributed by atoms with Crippen LogP contribution in [0.5, 0.6) is 0 Å². The summed E-state index contributed by atoms with van der Waals surface area (Å²) in [7, 11) is 0. The van der Waals surface area contributed by atoms with Crippen molar-refractivity contribution < 1.29 is 13.6 Å². The Bertz CT molecular complexity index is 718. The molecule has 8 heteroatoms. The van der Waals surface area contributed by atoms with E-state index in [1.54, 1.807) is 9.58 Å². The molecule has 0 unspecified atom stereocenters. The predicted octanol–water partition coefficient (Wildman–Crippen LogP) is 0.859. The van der Waals surface area contributed by atoms with Gasteiger partial charge in [-0.3, -0.25) is 4.79 Å². The quantitative estimate of drug-likeness (QED) is 0.906. The molecule has 6 nitrogen and oxygen atoms in total. The molecule has 122 valence electrons. The standard InChI is InChI=1S/C15H17F2N5O/c16-11-1-2-13(17)10(5-11)6-12(18)7-15(23)21-3-4-22-14(8-21)19-9-20-22/h1-2,5,9,12H,3-4,6-8,18H2/t12-/m1/s1. The minimum absolute atomic E-state index is 0.0735. The van der Waals surface area contributed by atoms with E-state index in [4.69, 9.17) is 5.73 Å². The van der Waals surface area contributed by atoms with Gasteiger partial charge in [0.05, 0.1) is 13.1 Å². The van der Waals surface area contributed by atoms with E-state index in [9.17, 15) is 13.6 Å². The molecular formula is C15H17F2N5O. The van der Waals surface area contributed by atoms with Crippen molar-refractivity contribution in [2.45, 2.75) is 32.0 Å². The summed E-state index contributed by atoms with van der Waals surface area (Å²) in [5.41, 5.74) is 6.12. The maximum atomic E-state index is 13.6. The molecule has 0 saturated heterocycles. The third-order valence-corrected chi connectivity index (χ3v) is 3.89. The van der Waals surface area contributed by atoms with Gasteiger partial charge in [0.25, 0.3) is 0 Å². The largest absolute Gasteiger partial charge is 0.333 e. The van der Waals surface area contributed by atoms with Crippen molar-refractivity contribution in [1.82, 2.24) is 19.7 Å². The first-order valence-corrected chi connectivity index (χ1v) is 7.37. The number of fused-ring (bicyclic) bond motifs is 1. The molecule has 0 fully saturated rings. The zero-order valence-corrected chi connectivity index (χ0v) is 12.5. The van der Waals surface area contributed by atoms with Crippen LogP contribution in [0.1, 0.15) is 17.8 Å². The molecule has 0 saturated carbocycles. The molecular weight excluding hydrogens is 304 g/mol. The molecule has 2 heterocycles. The molecule has 2 aromatic rings. The van der Waals surface area contributed by atoms with Crippen LogP contribution in [-0.2, 0) is 24.3 Å². The molecule has 0 aliphatic carbocycles. The maximum Gasteiger partial charge on any atom is 0.224 e. The molecule has 0 radical (unpaired) electrons. The van der Waals surface area contributed by atoms with E-state index in [-0.39, 0.29) is 24.3 Å². The molecule has 0 spiro atoms. The molecule has 1 atom stereocenters. The zero-order valence-electron chi connectivity index (χ0n) is 12.5. The number of hydrogen-bond acceptors (Lipinski definition) is 4. The Balaban J connectivity index is 1.58. The smallest absolute Gasteiger partial charge is 0.224 e. The Morgan fingerprint density at radius 1 is 1.35 bits per heavy atom. The lowest BCUT2D eigenvalue weighted by molar-refractivity contribution is -0.133. The Morgan fingerprint density at radius 3 is 3.00 bits per heavy atom. The summed E-state index contributed by atoms with van der Waals surface area (Å²) < 4.78 is 28.5. The fraction of sp³-hybridized carbons (Fsp3) is 0.400. The first kappa shape index (κ1) is 15.5. The van der Waals surface area contributed by atoms with Gasteiger partial charge in [-0.15, -0.1) is 0 Å². The van der Waals surface area contributed by atoms with Crippen molar-refractivity contribution in [1.29, 1.82) is 0 Å². The van der Waals surface area contributed by atoms with Gasteiger partial charge in [-0.2, -0.15) is 5.10 Å². The Kier molecular flexibility index (Phi) is 4.33. The summed E-state index contributed by atoms with van der Waals surface area (Å²) in [6.45, 7) is 1.52. The van der Waals surface area contributed by atoms with Gasteiger partial charge in [0, 0.05) is 19.0 Å². The Labute approximate surface area is 131 Å². The molecule has 23 heavy (non-hydrogen) atoms. The van der Waals surface area contributed by atoms with Crippen molar-refractivity contribution in [3.8, 4) is 0 Å². The highest BCUT2D eigenvalue weighted by atomic mass is 19.1. The second-order valence-electron chi connectivity index (χ2n) is 5.62. The highest BCUT2D eigenvalue weighted by Gasteiger charge is 2.23. The highest BCUT2D eigenvalue weighted by molar-refractivity contribution is 5.76. The fourth-order valence-electron chi connectivity index (χ4n) is 2.68. The normalized spacial score (nSPS) is 15.3. The van der Waals surface area contributed by atoms with E-state index in [0.29, 0.717) is 19.6 Å². The monoisotopic (exact) mass is 321 g/mol. The van der Waals surface area contributed by atoms with Crippen molar-refractivity contribution in [2.75, 3.05) is 6.54 Å². The number of amides is 1. The van der Waals surface area contributed by atoms with E-state index >= 15 is 0 Å². The van der Waals surface area contributed by atoms with Gasteiger partial charge in [-0.25, -0.2) is 18.4 Å². The summed E-state index contributed by atoms with van der Waals surface area (Å²) in [5, 5.41) is 4.05. The SMILES string of the molecule is N[C@@H](CC(=O)N1CCn2ncnc2C1)Cc1cc(F)ccc1F. The molecule has 2 N–H and O–H groups in total. The summed E-state index contributed by atoms with van der Waals surface area (Å²) >= 11 is 0. The highest BCUT2D eigenvalue weighted by Crippen LogP contribution is 2.14. The van der Waals surface area contributed by atoms with Gasteiger partial charge in [-0.05, 0) is 30.2 Å². The van der Waals surface area contributed by atoms with Crippen LogP contribution in [0.15, 0.2) is 24.5 Å². The number of hydrogen-bond donors (Lipinski definition) is 1. The lowest BCUT2D eigenvalue weighted by Crippen LogP contribution is -2.41. The van der Waals surface area contributed by atoms with Gasteiger partial charge in [0.1, 0.15) is 23.8 Å². The van der Waals surface area contributed by atoms with E-state index in [1.807, 2.05) is 0 Å². The van der Waals surface area contributed by atoms with E-state index in [1.165, 1.54) is 6.33 Å². The van der Waals surface area contributed by atoms with Crippen molar-refractivity contribution in [3.05, 3.63) is 47.5 Å². The number of carbonyl (C=O) groups excluding carboxylic acids is 1. The van der Waals surface area contributed by atoms with E-state index < -0.39 is 17.7 Å². The summed E-state index contributed by atoms with van der Waals surface area (Å²) in [6.07, 6.45) is 1.64. The van der Waals surface area contributed by atoms with Crippen LogP contribution in [0.4, 0.5) is 8.78 Å². The third-order valence-electron chi connectivity index (χ3n) is 3.89. The van der Waals surface area contributed by atoms with Gasteiger partial charge < -0.3 is 10.6 Å². The van der Waals surface area contributed by atoms with Crippen molar-refractivity contribution in [3.63, 3.8) is 0 Å². The molecule has 0 bridgehead atoms. The van der Waals surface area contributed by atoms with Crippen molar-refractivity contribution in [2.24, 2.45) is 5.73 Å². The predicted molar refractivity (Wildman–Crippen MR) is 78.1 cm³/mol. The Hall–Kier alpha value is -2.35. The van der Waals surface area contributed by atoms with Gasteiger partial charge >= 0.3 is 0 Å². The second kappa shape index (κ2) is 6.41. The minimum atomic E-state index is -0.571. The van der Waals surface area contributed by atoms with Crippen LogP contribution in [0, 0.1) is 11.6 Å². The molecule has 1 aromatic carbocycles. The zero-order chi connectivity index (χ0) is 16.4. The van der Waals surface area contributed by atoms with E-state index in [0.717, 1.165) is 24.0 Å². The number of nitrogens with two attached hydrogens (primary N) is 1. The lowest BCUT2D eigenvalue weighted by atomic mass is 10.0. The maximum absolute atomic E-state index is 13.6. The van der Waals surface area contributed by atoms with E-state index in [2.05, 4.69) is 10.1 Å². The average Bonchev–Trinajstić information content (AvgIpc) is 2.98. The number of aromatic nitrogens is 3. The van der Waals surface area contributed by atoms with Gasteiger partial charge in [-0.1, -0.05) is 0 Å². The van der Waals surface area contributed by atoms with Crippen LogP contribution in [0.3, 0.4) is 0 Å². The van der Waals surface area contributed by atoms with Crippen LogP contribution in [0.2, 0.25) is 0 Å². The van der Waals surface area contributed by atoms with Crippen LogP contribution < -0.4 is 5.73 Å². The molecule has 1 amide bonds. The second-order valence-corrected chi connectivity index (χ2v) is 5.62. The first-order chi connectivity index (χ1) is 11.0. The number of carbonyl (C=O) groups is 1. The third kappa shape index (κ3) is 3.53. The molecule has 3 rings (SSSR count). The molecule has 1 aliphatic rings. The Morgan fingerprint density at radius 2 is 2.17 bits per heavy atom. The summed E-state index contributed by atoms with van der Waals surface area (Å²) in [5.74, 6) is -0.423. The first-order valence-electron chi connectivity index (χ1n) is 7.37. The summed E-state index contributed by atoms with van der Waals surface area (Å²) in [4.78, 5) is 18.1.